The van der Waals surface area contributed by atoms with Gasteiger partial charge in [0.2, 0.25) is 5.91 Å². The van der Waals surface area contributed by atoms with E-state index < -0.39 is 6.04 Å². The number of carbonyl (C=O) groups is 2. The maximum atomic E-state index is 13.5. The average molecular weight is 541 g/mol. The molecule has 1 unspecified atom stereocenters. The lowest BCUT2D eigenvalue weighted by molar-refractivity contribution is -0.142. The van der Waals surface area contributed by atoms with Crippen LogP contribution in [-0.2, 0) is 22.6 Å². The first kappa shape index (κ1) is 26.4. The Kier molecular flexibility index (Phi) is 10.3. The van der Waals surface area contributed by atoms with Crippen molar-refractivity contribution in [2.45, 2.75) is 38.8 Å². The number of carbonyl (C=O) groups excluding carboxylic acids is 2. The van der Waals surface area contributed by atoms with Crippen molar-refractivity contribution in [2.75, 3.05) is 13.2 Å². The summed E-state index contributed by atoms with van der Waals surface area (Å²) in [7, 11) is 0. The summed E-state index contributed by atoms with van der Waals surface area (Å²) in [4.78, 5) is 28.4. The van der Waals surface area contributed by atoms with Crippen LogP contribution in [0.4, 0.5) is 4.39 Å². The van der Waals surface area contributed by atoms with Crippen molar-refractivity contribution in [2.24, 2.45) is 0 Å². The molecule has 2 amide bonds. The summed E-state index contributed by atoms with van der Waals surface area (Å²) in [6, 6.07) is 22.1. The van der Waals surface area contributed by atoms with Crippen LogP contribution in [0.15, 0.2) is 83.3 Å². The minimum Gasteiger partial charge on any atom is -0.484 e. The molecule has 35 heavy (non-hydrogen) atoms. The van der Waals surface area contributed by atoms with Gasteiger partial charge in [0, 0.05) is 24.0 Å². The summed E-state index contributed by atoms with van der Waals surface area (Å²) >= 11 is 3.48. The number of hydrogen-bond donors (Lipinski definition) is 1. The number of halogens is 2. The summed E-state index contributed by atoms with van der Waals surface area (Å²) in [6.45, 7) is 2.58. The van der Waals surface area contributed by atoms with Crippen LogP contribution >= 0.6 is 15.9 Å². The lowest BCUT2D eigenvalue weighted by Gasteiger charge is -2.31. The molecule has 0 aliphatic heterocycles. The first-order valence-corrected chi connectivity index (χ1v) is 12.5. The van der Waals surface area contributed by atoms with Crippen molar-refractivity contribution in [3.05, 3.63) is 100 Å². The summed E-state index contributed by atoms with van der Waals surface area (Å²) < 4.78 is 19.8. The lowest BCUT2D eigenvalue weighted by Crippen LogP contribution is -2.51. The zero-order chi connectivity index (χ0) is 25.0. The van der Waals surface area contributed by atoms with E-state index in [0.717, 1.165) is 28.4 Å². The predicted molar refractivity (Wildman–Crippen MR) is 138 cm³/mol. The molecule has 1 N–H and O–H groups in total. The van der Waals surface area contributed by atoms with Crippen LogP contribution < -0.4 is 10.1 Å². The predicted octanol–water partition coefficient (Wildman–Crippen LogP) is 5.52. The third-order valence-corrected chi connectivity index (χ3v) is 6.01. The Hall–Kier alpha value is -3.19. The number of ether oxygens (including phenoxy) is 1. The highest BCUT2D eigenvalue weighted by Gasteiger charge is 2.30. The van der Waals surface area contributed by atoms with Crippen LogP contribution in [0.2, 0.25) is 0 Å². The van der Waals surface area contributed by atoms with Crippen LogP contribution in [-0.4, -0.2) is 35.9 Å². The largest absolute Gasteiger partial charge is 0.484 e. The van der Waals surface area contributed by atoms with Crippen molar-refractivity contribution < 1.29 is 18.7 Å². The lowest BCUT2D eigenvalue weighted by atomic mass is 10.0. The first-order valence-electron chi connectivity index (χ1n) is 11.7. The molecule has 3 rings (SSSR count). The monoisotopic (exact) mass is 540 g/mol. The van der Waals surface area contributed by atoms with Crippen LogP contribution in [0.25, 0.3) is 0 Å². The number of rotatable bonds is 12. The molecule has 0 aliphatic carbocycles. The maximum Gasteiger partial charge on any atom is 0.261 e. The Morgan fingerprint density at radius 3 is 2.40 bits per heavy atom. The molecule has 0 heterocycles. The number of amides is 2. The molecule has 7 heteroatoms. The Labute approximate surface area is 214 Å². The topological polar surface area (TPSA) is 58.6 Å². The molecule has 0 aliphatic rings. The fourth-order valence-corrected chi connectivity index (χ4v) is 4.10. The number of benzene rings is 3. The molecule has 5 nitrogen and oxygen atoms in total. The normalized spacial score (nSPS) is 11.5. The SMILES string of the molecule is CCCCNC(=O)C(Cc1ccccc1)N(Cc1cccc(Br)c1)C(=O)COc1ccc(F)cc1. The van der Waals surface area contributed by atoms with Gasteiger partial charge in [0.05, 0.1) is 0 Å². The molecular weight excluding hydrogens is 511 g/mol. The molecular formula is C28H30BrFN2O3. The summed E-state index contributed by atoms with van der Waals surface area (Å²) in [5.74, 6) is -0.533. The summed E-state index contributed by atoms with van der Waals surface area (Å²) in [6.07, 6.45) is 2.18. The van der Waals surface area contributed by atoms with Gasteiger partial charge in [-0.1, -0.05) is 71.7 Å². The standard InChI is InChI=1S/C28H30BrFN2O3/c1-2-3-16-31-28(34)26(18-21-8-5-4-6-9-21)32(19-22-10-7-11-23(29)17-22)27(33)20-35-25-14-12-24(30)13-15-25/h4-15,17,26H,2-3,16,18-20H2,1H3,(H,31,34). The fourth-order valence-electron chi connectivity index (χ4n) is 3.65. The van der Waals surface area contributed by atoms with E-state index in [0.29, 0.717) is 18.7 Å². The highest BCUT2D eigenvalue weighted by atomic mass is 79.9. The smallest absolute Gasteiger partial charge is 0.261 e. The van der Waals surface area contributed by atoms with Crippen molar-refractivity contribution in [3.8, 4) is 5.75 Å². The molecule has 0 saturated heterocycles. The van der Waals surface area contributed by atoms with E-state index in [-0.39, 0.29) is 30.8 Å². The van der Waals surface area contributed by atoms with Crippen LogP contribution in [0, 0.1) is 5.82 Å². The average Bonchev–Trinajstić information content (AvgIpc) is 2.86. The van der Waals surface area contributed by atoms with Crippen molar-refractivity contribution >= 4 is 27.7 Å². The number of hydrogen-bond acceptors (Lipinski definition) is 3. The van der Waals surface area contributed by atoms with Gasteiger partial charge >= 0.3 is 0 Å². The Morgan fingerprint density at radius 2 is 1.71 bits per heavy atom. The second-order valence-electron chi connectivity index (χ2n) is 8.24. The molecule has 184 valence electrons. The van der Waals surface area contributed by atoms with E-state index in [4.69, 9.17) is 4.74 Å². The fraction of sp³-hybridized carbons (Fsp3) is 0.286. The Balaban J connectivity index is 1.87. The second kappa shape index (κ2) is 13.6. The third-order valence-electron chi connectivity index (χ3n) is 5.52. The van der Waals surface area contributed by atoms with E-state index in [1.807, 2.05) is 54.6 Å². The molecule has 0 saturated carbocycles. The summed E-state index contributed by atoms with van der Waals surface area (Å²) in [5, 5.41) is 2.99. The zero-order valence-corrected chi connectivity index (χ0v) is 21.3. The molecule has 0 fully saturated rings. The van der Waals surface area contributed by atoms with Gasteiger partial charge in [-0.05, 0) is 53.9 Å². The highest BCUT2D eigenvalue weighted by molar-refractivity contribution is 9.10. The molecule has 0 bridgehead atoms. The van der Waals surface area contributed by atoms with Crippen LogP contribution in [0.3, 0.4) is 0 Å². The van der Waals surface area contributed by atoms with E-state index in [1.165, 1.54) is 24.3 Å². The Morgan fingerprint density at radius 1 is 1.00 bits per heavy atom. The van der Waals surface area contributed by atoms with Crippen LogP contribution in [0.5, 0.6) is 5.75 Å². The third kappa shape index (κ3) is 8.51. The zero-order valence-electron chi connectivity index (χ0n) is 19.8. The van der Waals surface area contributed by atoms with Gasteiger partial charge in [0.1, 0.15) is 17.6 Å². The van der Waals surface area contributed by atoms with Gasteiger partial charge in [-0.3, -0.25) is 9.59 Å². The Bertz CT molecular complexity index is 1090. The van der Waals surface area contributed by atoms with Crippen molar-refractivity contribution in [3.63, 3.8) is 0 Å². The molecule has 0 radical (unpaired) electrons. The number of unbranched alkanes of at least 4 members (excludes halogenated alkanes) is 1. The van der Waals surface area contributed by atoms with Gasteiger partial charge in [0.25, 0.3) is 5.91 Å². The molecule has 3 aromatic rings. The molecule has 1 atom stereocenters. The number of nitrogens with zero attached hydrogens (tertiary/aromatic N) is 1. The number of nitrogens with one attached hydrogen (secondary N) is 1. The summed E-state index contributed by atoms with van der Waals surface area (Å²) in [5.41, 5.74) is 1.84. The van der Waals surface area contributed by atoms with Crippen molar-refractivity contribution in [1.29, 1.82) is 0 Å². The quantitative estimate of drug-likeness (QED) is 0.307. The van der Waals surface area contributed by atoms with E-state index in [1.54, 1.807) is 4.90 Å². The molecule has 0 aromatic heterocycles. The highest BCUT2D eigenvalue weighted by Crippen LogP contribution is 2.19. The van der Waals surface area contributed by atoms with E-state index in [2.05, 4.69) is 28.2 Å². The molecule has 3 aromatic carbocycles. The van der Waals surface area contributed by atoms with Gasteiger partial charge in [-0.25, -0.2) is 4.39 Å². The maximum absolute atomic E-state index is 13.5. The second-order valence-corrected chi connectivity index (χ2v) is 9.16. The minimum absolute atomic E-state index is 0.201. The minimum atomic E-state index is -0.724. The first-order chi connectivity index (χ1) is 17.0. The van der Waals surface area contributed by atoms with Crippen LogP contribution in [0.1, 0.15) is 30.9 Å². The van der Waals surface area contributed by atoms with E-state index in [9.17, 15) is 14.0 Å². The molecule has 0 spiro atoms. The van der Waals surface area contributed by atoms with Gasteiger partial charge in [0.15, 0.2) is 6.61 Å². The van der Waals surface area contributed by atoms with Gasteiger partial charge in [-0.2, -0.15) is 0 Å². The van der Waals surface area contributed by atoms with E-state index >= 15 is 0 Å². The van der Waals surface area contributed by atoms with Gasteiger partial charge in [-0.15, -0.1) is 0 Å². The van der Waals surface area contributed by atoms with Crippen molar-refractivity contribution in [1.82, 2.24) is 10.2 Å². The van der Waals surface area contributed by atoms with Gasteiger partial charge < -0.3 is 15.0 Å².